The van der Waals surface area contributed by atoms with E-state index in [4.69, 9.17) is 13.8 Å². The molecule has 0 aromatic rings. The summed E-state index contributed by atoms with van der Waals surface area (Å²) < 4.78 is 30.3. The van der Waals surface area contributed by atoms with Crippen molar-refractivity contribution in [3.05, 3.63) is 48.6 Å². The number of phosphoric ester groups is 1. The van der Waals surface area contributed by atoms with Gasteiger partial charge in [0.25, 0.3) is 7.82 Å². The number of nitrogens with zero attached hydrogens (tertiary/aromatic N) is 1. The molecular formula is C64H121N2O7P. The molecule has 0 saturated carbocycles. The molecular weight excluding hydrogens is 940 g/mol. The second kappa shape index (κ2) is 54.3. The first-order valence-electron chi connectivity index (χ1n) is 31.5. The molecule has 434 valence electrons. The normalized spacial score (nSPS) is 14.0. The molecule has 0 rings (SSSR count). The van der Waals surface area contributed by atoms with Crippen LogP contribution in [0.25, 0.3) is 0 Å². The van der Waals surface area contributed by atoms with Crippen LogP contribution < -0.4 is 10.2 Å². The summed E-state index contributed by atoms with van der Waals surface area (Å²) in [5.41, 5.74) is 0. The van der Waals surface area contributed by atoms with Crippen LogP contribution in [0.5, 0.6) is 0 Å². The first kappa shape index (κ1) is 72.0. The molecule has 1 amide bonds. The molecule has 0 aliphatic rings. The number of likely N-dealkylation sites (N-methyl/N-ethyl adjacent to an activating group) is 1. The van der Waals surface area contributed by atoms with Crippen molar-refractivity contribution in [2.75, 3.05) is 40.9 Å². The number of allylic oxidation sites excluding steroid dienone is 7. The van der Waals surface area contributed by atoms with Gasteiger partial charge in [-0.3, -0.25) is 14.2 Å². The lowest BCUT2D eigenvalue weighted by Gasteiger charge is -2.30. The third-order valence-corrected chi connectivity index (χ3v) is 15.0. The van der Waals surface area contributed by atoms with Gasteiger partial charge in [0.2, 0.25) is 5.91 Å². The molecule has 74 heavy (non-hydrogen) atoms. The van der Waals surface area contributed by atoms with Gasteiger partial charge in [-0.2, -0.15) is 0 Å². The lowest BCUT2D eigenvalue weighted by Crippen LogP contribution is -2.47. The lowest BCUT2D eigenvalue weighted by molar-refractivity contribution is -0.870. The van der Waals surface area contributed by atoms with Gasteiger partial charge < -0.3 is 28.5 Å². The van der Waals surface area contributed by atoms with E-state index >= 15 is 0 Å². The zero-order valence-corrected chi connectivity index (χ0v) is 50.4. The monoisotopic (exact) mass is 1060 g/mol. The van der Waals surface area contributed by atoms with Gasteiger partial charge in [-0.15, -0.1) is 0 Å². The van der Waals surface area contributed by atoms with Crippen molar-refractivity contribution in [3.8, 4) is 0 Å². The van der Waals surface area contributed by atoms with Gasteiger partial charge in [0.1, 0.15) is 19.3 Å². The van der Waals surface area contributed by atoms with Gasteiger partial charge in [-0.1, -0.05) is 250 Å². The number of phosphoric acid groups is 1. The molecule has 10 heteroatoms. The van der Waals surface area contributed by atoms with Gasteiger partial charge in [0, 0.05) is 12.8 Å². The van der Waals surface area contributed by atoms with E-state index in [-0.39, 0.29) is 31.3 Å². The van der Waals surface area contributed by atoms with E-state index in [1.54, 1.807) is 0 Å². The topological polar surface area (TPSA) is 114 Å². The van der Waals surface area contributed by atoms with Gasteiger partial charge in [0.05, 0.1) is 33.8 Å². The predicted octanol–water partition coefficient (Wildman–Crippen LogP) is 18.6. The molecule has 0 aliphatic heterocycles. The number of nitrogens with one attached hydrogen (secondary N) is 1. The van der Waals surface area contributed by atoms with Gasteiger partial charge in [-0.05, 0) is 83.1 Å². The zero-order chi connectivity index (χ0) is 54.3. The maximum absolute atomic E-state index is 13.5. The van der Waals surface area contributed by atoms with E-state index < -0.39 is 26.6 Å². The van der Waals surface area contributed by atoms with Gasteiger partial charge >= 0.3 is 5.97 Å². The van der Waals surface area contributed by atoms with Crippen LogP contribution in [-0.2, 0) is 27.9 Å². The highest BCUT2D eigenvalue weighted by atomic mass is 31.2. The molecule has 3 atom stereocenters. The zero-order valence-electron chi connectivity index (χ0n) is 49.6. The Kier molecular flexibility index (Phi) is 52.8. The molecule has 0 aliphatic carbocycles. The molecule has 0 radical (unpaired) electrons. The van der Waals surface area contributed by atoms with Gasteiger partial charge in [-0.25, -0.2) is 0 Å². The summed E-state index contributed by atoms with van der Waals surface area (Å²) >= 11 is 0. The smallest absolute Gasteiger partial charge is 0.306 e. The Morgan fingerprint density at radius 1 is 0.473 bits per heavy atom. The molecule has 9 nitrogen and oxygen atoms in total. The Balaban J connectivity index is 5.31. The molecule has 0 heterocycles. The number of carbonyl (C=O) groups is 2. The van der Waals surface area contributed by atoms with E-state index in [1.165, 1.54) is 193 Å². The maximum Gasteiger partial charge on any atom is 0.306 e. The third kappa shape index (κ3) is 54.7. The second-order valence-electron chi connectivity index (χ2n) is 22.6. The van der Waals surface area contributed by atoms with Crippen LogP contribution in [0.15, 0.2) is 48.6 Å². The van der Waals surface area contributed by atoms with Crippen molar-refractivity contribution < 1.29 is 37.3 Å². The number of quaternary nitrogens is 1. The molecule has 0 bridgehead atoms. The fraction of sp³-hybridized carbons (Fsp3) is 0.844. The van der Waals surface area contributed by atoms with E-state index in [0.29, 0.717) is 17.4 Å². The van der Waals surface area contributed by atoms with Crippen LogP contribution in [0.1, 0.15) is 297 Å². The van der Waals surface area contributed by atoms with Crippen molar-refractivity contribution in [2.45, 2.75) is 309 Å². The highest BCUT2D eigenvalue weighted by molar-refractivity contribution is 7.45. The standard InChI is InChI=1S/C64H121N2O7P/c1-7-10-13-16-19-22-25-28-30-32-33-34-36-39-42-45-48-51-54-57-64(68)73-62(55-52-49-46-43-40-37-27-24-21-18-15-12-9-3)61(60-72-74(69,70)71-59-58-66(4,5)6)65-63(67)56-53-50-47-44-41-38-35-31-29-26-23-20-17-14-11-8-2/h28,30-31,35,38,41,52,55,61-62H,7-27,29,32-34,36-37,39-40,42-51,53-54,56-60H2,1-6H3,(H-,65,67,69,70)/b30-28+,35-31+,41-38+,55-52+. The fourth-order valence-corrected chi connectivity index (χ4v) is 9.82. The van der Waals surface area contributed by atoms with Crippen LogP contribution in [0.4, 0.5) is 0 Å². The summed E-state index contributed by atoms with van der Waals surface area (Å²) in [6, 6.07) is -0.902. The first-order valence-corrected chi connectivity index (χ1v) is 32.9. The molecule has 1 N–H and O–H groups in total. The Labute approximate surface area is 458 Å². The lowest BCUT2D eigenvalue weighted by atomic mass is 10.0. The Morgan fingerprint density at radius 2 is 0.824 bits per heavy atom. The van der Waals surface area contributed by atoms with Crippen molar-refractivity contribution in [1.29, 1.82) is 0 Å². The number of unbranched alkanes of at least 4 members (excludes halogenated alkanes) is 36. The number of esters is 1. The number of ether oxygens (including phenoxy) is 1. The minimum atomic E-state index is -4.70. The Hall–Kier alpha value is -2.03. The quantitative estimate of drug-likeness (QED) is 0.0161. The first-order chi connectivity index (χ1) is 35.9. The van der Waals surface area contributed by atoms with Crippen LogP contribution in [0.3, 0.4) is 0 Å². The number of rotatable bonds is 57. The van der Waals surface area contributed by atoms with E-state index in [1.807, 2.05) is 33.3 Å². The second-order valence-corrected chi connectivity index (χ2v) is 24.0. The van der Waals surface area contributed by atoms with Crippen molar-refractivity contribution >= 4 is 19.7 Å². The molecule has 0 spiro atoms. The fourth-order valence-electron chi connectivity index (χ4n) is 9.10. The van der Waals surface area contributed by atoms with Crippen LogP contribution in [-0.4, -0.2) is 69.4 Å². The van der Waals surface area contributed by atoms with E-state index in [0.717, 1.165) is 64.2 Å². The molecule has 0 fully saturated rings. The SMILES string of the molecule is CCCCCCCC/C=C/CCCCCCCCCCCC(=O)OC(/C=C/CCCCCCCCCCCCC)C(COP(=O)([O-])OCC[N+](C)(C)C)NC(=O)CCCCC/C=C/C=C/CCCCCCCCC. The minimum absolute atomic E-state index is 0.0272. The molecule has 0 aromatic heterocycles. The minimum Gasteiger partial charge on any atom is -0.756 e. The van der Waals surface area contributed by atoms with E-state index in [9.17, 15) is 19.0 Å². The highest BCUT2D eigenvalue weighted by Gasteiger charge is 2.27. The van der Waals surface area contributed by atoms with Crippen molar-refractivity contribution in [1.82, 2.24) is 5.32 Å². The molecule has 0 saturated heterocycles. The summed E-state index contributed by atoms with van der Waals surface area (Å²) in [6.45, 7) is 6.84. The highest BCUT2D eigenvalue weighted by Crippen LogP contribution is 2.38. The van der Waals surface area contributed by atoms with Crippen LogP contribution in [0, 0.1) is 0 Å². The Morgan fingerprint density at radius 3 is 1.24 bits per heavy atom. The third-order valence-electron chi connectivity index (χ3n) is 14.0. The van der Waals surface area contributed by atoms with E-state index in [2.05, 4.69) is 62.5 Å². The average molecular weight is 1060 g/mol. The van der Waals surface area contributed by atoms with Crippen molar-refractivity contribution in [2.24, 2.45) is 0 Å². The maximum atomic E-state index is 13.5. The number of hydrogen-bond acceptors (Lipinski definition) is 7. The summed E-state index contributed by atoms with van der Waals surface area (Å²) in [5.74, 6) is -0.565. The summed E-state index contributed by atoms with van der Waals surface area (Å²) in [5, 5.41) is 3.02. The Bertz CT molecular complexity index is 1410. The molecule has 3 unspecified atom stereocenters. The number of hydrogen-bond donors (Lipinski definition) is 1. The van der Waals surface area contributed by atoms with Crippen molar-refractivity contribution in [3.63, 3.8) is 0 Å². The summed E-state index contributed by atoms with van der Waals surface area (Å²) in [4.78, 5) is 40.0. The van der Waals surface area contributed by atoms with Crippen LogP contribution in [0.2, 0.25) is 0 Å². The average Bonchev–Trinajstić information content (AvgIpc) is 3.36. The van der Waals surface area contributed by atoms with Gasteiger partial charge in [0.15, 0.2) is 0 Å². The number of amides is 1. The number of carbonyl (C=O) groups excluding carboxylic acids is 2. The van der Waals surface area contributed by atoms with Crippen LogP contribution >= 0.6 is 7.82 Å². The predicted molar refractivity (Wildman–Crippen MR) is 316 cm³/mol. The largest absolute Gasteiger partial charge is 0.756 e. The summed E-state index contributed by atoms with van der Waals surface area (Å²) in [6.07, 6.45) is 66.5. The molecule has 0 aromatic carbocycles. The summed E-state index contributed by atoms with van der Waals surface area (Å²) in [7, 11) is 1.17.